The molecule has 5 N–H and O–H groups in total. The van der Waals surface area contributed by atoms with Gasteiger partial charge in [0, 0.05) is 12.3 Å². The molecule has 0 aliphatic rings. The van der Waals surface area contributed by atoms with E-state index in [1.165, 1.54) is 12.3 Å². The molecule has 1 aromatic heterocycles. The van der Waals surface area contributed by atoms with Crippen molar-refractivity contribution >= 4 is 5.95 Å². The molecule has 0 bridgehead atoms. The van der Waals surface area contributed by atoms with Crippen molar-refractivity contribution in [1.29, 1.82) is 0 Å². The van der Waals surface area contributed by atoms with Crippen LogP contribution < -0.4 is 11.3 Å². The lowest BCUT2D eigenvalue weighted by atomic mass is 10.7. The van der Waals surface area contributed by atoms with Crippen molar-refractivity contribution in [3.8, 4) is 0 Å². The molecule has 9 heavy (non-hydrogen) atoms. The van der Waals surface area contributed by atoms with Gasteiger partial charge in [-0.3, -0.25) is 9.78 Å². The van der Waals surface area contributed by atoms with Crippen LogP contribution in [-0.4, -0.2) is 15.4 Å². The normalized spacial score (nSPS) is 8.00. The molecule has 0 aromatic carbocycles. The summed E-state index contributed by atoms with van der Waals surface area (Å²) in [6, 6.07) is 1.30. The van der Waals surface area contributed by atoms with Gasteiger partial charge in [0.2, 0.25) is 0 Å². The summed E-state index contributed by atoms with van der Waals surface area (Å²) in [5, 5.41) is 0. The van der Waals surface area contributed by atoms with E-state index >= 15 is 0 Å². The Morgan fingerprint density at radius 2 is 2.33 bits per heavy atom. The number of nitrogens with zero attached hydrogens (tertiary/aromatic N) is 1. The molecular weight excluding hydrogens is 122 g/mol. The van der Waals surface area contributed by atoms with E-state index in [-0.39, 0.29) is 17.0 Å². The Bertz CT molecular complexity index is 231. The van der Waals surface area contributed by atoms with Crippen LogP contribution in [0.4, 0.5) is 5.95 Å². The molecule has 1 heterocycles. The molecule has 0 aliphatic carbocycles. The van der Waals surface area contributed by atoms with Gasteiger partial charge in [-0.1, -0.05) is 0 Å². The zero-order valence-electron chi connectivity index (χ0n) is 4.59. The lowest BCUT2D eigenvalue weighted by molar-refractivity contribution is 0.824. The number of aromatic nitrogens is 2. The highest BCUT2D eigenvalue weighted by molar-refractivity contribution is 5.11. The van der Waals surface area contributed by atoms with Gasteiger partial charge < -0.3 is 11.2 Å². The number of aromatic amines is 1. The van der Waals surface area contributed by atoms with Crippen molar-refractivity contribution in [2.24, 2.45) is 0 Å². The van der Waals surface area contributed by atoms with E-state index in [4.69, 9.17) is 5.73 Å². The minimum atomic E-state index is -0.225. The summed E-state index contributed by atoms with van der Waals surface area (Å²) in [6.45, 7) is 0. The van der Waals surface area contributed by atoms with Gasteiger partial charge in [0.25, 0.3) is 5.56 Å². The predicted octanol–water partition coefficient (Wildman–Crippen LogP) is -1.47. The van der Waals surface area contributed by atoms with E-state index in [2.05, 4.69) is 9.97 Å². The highest BCUT2D eigenvalue weighted by atomic mass is 16.1. The van der Waals surface area contributed by atoms with Gasteiger partial charge in [0.1, 0.15) is 0 Å². The molecule has 1 aromatic rings. The van der Waals surface area contributed by atoms with Crippen molar-refractivity contribution in [1.82, 2.24) is 9.97 Å². The largest absolute Gasteiger partial charge is 0.412 e. The second-order valence-electron chi connectivity index (χ2n) is 1.32. The Kier molecular flexibility index (Phi) is 2.40. The number of H-pyrrole nitrogens is 1. The molecule has 0 saturated heterocycles. The quantitative estimate of drug-likeness (QED) is 0.446. The average molecular weight is 129 g/mol. The first-order valence-electron chi connectivity index (χ1n) is 2.10. The van der Waals surface area contributed by atoms with Crippen molar-refractivity contribution in [2.75, 3.05) is 5.73 Å². The number of anilines is 1. The van der Waals surface area contributed by atoms with Crippen LogP contribution in [0, 0.1) is 0 Å². The number of nitrogens with two attached hydrogens (primary N) is 1. The number of rotatable bonds is 0. The topological polar surface area (TPSA) is 103 Å². The molecule has 5 heteroatoms. The SMILES string of the molecule is Nc1nccc(=O)[nH]1.O. The maximum atomic E-state index is 10.3. The van der Waals surface area contributed by atoms with E-state index in [9.17, 15) is 4.79 Å². The van der Waals surface area contributed by atoms with Crippen LogP contribution in [0.5, 0.6) is 0 Å². The summed E-state index contributed by atoms with van der Waals surface area (Å²) >= 11 is 0. The lowest BCUT2D eigenvalue weighted by Gasteiger charge is -1.84. The fourth-order valence-electron chi connectivity index (χ4n) is 0.385. The summed E-state index contributed by atoms with van der Waals surface area (Å²) in [7, 11) is 0. The molecule has 0 radical (unpaired) electrons. The average Bonchev–Trinajstić information content (AvgIpc) is 1.64. The first-order chi connectivity index (χ1) is 3.79. The molecular formula is C4H7N3O2. The van der Waals surface area contributed by atoms with Gasteiger partial charge in [0.05, 0.1) is 0 Å². The smallest absolute Gasteiger partial charge is 0.252 e. The Morgan fingerprint density at radius 3 is 2.67 bits per heavy atom. The van der Waals surface area contributed by atoms with Crippen molar-refractivity contribution < 1.29 is 5.48 Å². The Labute approximate surface area is 50.9 Å². The lowest BCUT2D eigenvalue weighted by Crippen LogP contribution is -2.07. The summed E-state index contributed by atoms with van der Waals surface area (Å²) in [5.74, 6) is 0.150. The molecule has 1 rings (SSSR count). The minimum Gasteiger partial charge on any atom is -0.412 e. The van der Waals surface area contributed by atoms with E-state index in [0.717, 1.165) is 0 Å². The third kappa shape index (κ3) is 1.92. The number of hydrogen-bond donors (Lipinski definition) is 2. The highest BCUT2D eigenvalue weighted by Gasteiger charge is 1.81. The molecule has 0 fully saturated rings. The number of nitrogens with one attached hydrogen (secondary N) is 1. The van der Waals surface area contributed by atoms with Gasteiger partial charge in [0.15, 0.2) is 5.95 Å². The third-order valence-electron chi connectivity index (χ3n) is 0.691. The second-order valence-corrected chi connectivity index (χ2v) is 1.32. The van der Waals surface area contributed by atoms with Crippen LogP contribution in [0.1, 0.15) is 0 Å². The van der Waals surface area contributed by atoms with Crippen LogP contribution in [0.3, 0.4) is 0 Å². The fraction of sp³-hybridized carbons (Fsp3) is 0. The van der Waals surface area contributed by atoms with Gasteiger partial charge in [-0.2, -0.15) is 0 Å². The van der Waals surface area contributed by atoms with Gasteiger partial charge in [-0.15, -0.1) is 0 Å². The molecule has 50 valence electrons. The zero-order valence-corrected chi connectivity index (χ0v) is 4.59. The summed E-state index contributed by atoms with van der Waals surface area (Å²) in [5.41, 5.74) is 4.87. The van der Waals surface area contributed by atoms with Gasteiger partial charge in [-0.05, 0) is 0 Å². The van der Waals surface area contributed by atoms with Crippen molar-refractivity contribution in [3.63, 3.8) is 0 Å². The maximum Gasteiger partial charge on any atom is 0.252 e. The van der Waals surface area contributed by atoms with E-state index < -0.39 is 0 Å². The van der Waals surface area contributed by atoms with Crippen LogP contribution >= 0.6 is 0 Å². The van der Waals surface area contributed by atoms with Crippen molar-refractivity contribution in [2.45, 2.75) is 0 Å². The molecule has 0 atom stereocenters. The van der Waals surface area contributed by atoms with Gasteiger partial charge in [-0.25, -0.2) is 4.98 Å². The van der Waals surface area contributed by atoms with E-state index in [1.54, 1.807) is 0 Å². The van der Waals surface area contributed by atoms with Crippen LogP contribution in [0.25, 0.3) is 0 Å². The Morgan fingerprint density at radius 1 is 1.67 bits per heavy atom. The van der Waals surface area contributed by atoms with Gasteiger partial charge >= 0.3 is 0 Å². The Balaban J connectivity index is 0.000000640. The van der Waals surface area contributed by atoms with Crippen LogP contribution in [-0.2, 0) is 0 Å². The molecule has 0 amide bonds. The second kappa shape index (κ2) is 2.83. The zero-order chi connectivity index (χ0) is 5.98. The summed E-state index contributed by atoms with van der Waals surface area (Å²) < 4.78 is 0. The minimum absolute atomic E-state index is 0. The molecule has 0 unspecified atom stereocenters. The van der Waals surface area contributed by atoms with Crippen LogP contribution in [0.2, 0.25) is 0 Å². The van der Waals surface area contributed by atoms with E-state index in [0.29, 0.717) is 0 Å². The standard InChI is InChI=1S/C4H5N3O.H2O/c5-4-6-2-1-3(8)7-4;/h1-2H,(H3,5,6,7,8);1H2. The summed E-state index contributed by atoms with van der Waals surface area (Å²) in [4.78, 5) is 16.2. The van der Waals surface area contributed by atoms with E-state index in [1.807, 2.05) is 0 Å². The first kappa shape index (κ1) is 7.64. The van der Waals surface area contributed by atoms with Crippen LogP contribution in [0.15, 0.2) is 17.1 Å². The predicted molar refractivity (Wildman–Crippen MR) is 32.9 cm³/mol. The number of nitrogen functional groups attached to an aromatic ring is 1. The molecule has 0 aliphatic heterocycles. The molecule has 0 spiro atoms. The number of hydrogen-bond acceptors (Lipinski definition) is 3. The monoisotopic (exact) mass is 129 g/mol. The molecule has 5 nitrogen and oxygen atoms in total. The third-order valence-corrected chi connectivity index (χ3v) is 0.691. The summed E-state index contributed by atoms with van der Waals surface area (Å²) in [6.07, 6.45) is 1.36. The molecule has 0 saturated carbocycles. The van der Waals surface area contributed by atoms with Crippen molar-refractivity contribution in [3.05, 3.63) is 22.6 Å². The first-order valence-corrected chi connectivity index (χ1v) is 2.10. The highest BCUT2D eigenvalue weighted by Crippen LogP contribution is 1.76. The Hall–Kier alpha value is -1.36. The fourth-order valence-corrected chi connectivity index (χ4v) is 0.385. The maximum absolute atomic E-state index is 10.3.